The zero-order valence-electron chi connectivity index (χ0n) is 20.6. The Morgan fingerprint density at radius 3 is 2.39 bits per heavy atom. The SMILES string of the molecule is COc1cc(-c2nc3c(c(Nc4ccc5nc(C)cc(N)c5c4)n2)CNCC3)cc(OC)c1OC.Cl. The van der Waals surface area contributed by atoms with Crippen LogP contribution in [0.4, 0.5) is 17.2 Å². The molecule has 0 bridgehead atoms. The van der Waals surface area contributed by atoms with Gasteiger partial charge in [-0.05, 0) is 43.3 Å². The van der Waals surface area contributed by atoms with E-state index in [0.717, 1.165) is 57.9 Å². The quantitative estimate of drug-likeness (QED) is 0.348. The fourth-order valence-corrected chi connectivity index (χ4v) is 4.39. The number of ether oxygens (including phenoxy) is 3. The van der Waals surface area contributed by atoms with E-state index in [9.17, 15) is 0 Å². The average molecular weight is 509 g/mol. The molecular weight excluding hydrogens is 480 g/mol. The van der Waals surface area contributed by atoms with Crippen LogP contribution in [0.25, 0.3) is 22.3 Å². The van der Waals surface area contributed by atoms with Gasteiger partial charge in [0.25, 0.3) is 0 Å². The number of nitrogen functional groups attached to an aromatic ring is 1. The second kappa shape index (κ2) is 10.4. The third kappa shape index (κ3) is 4.67. The van der Waals surface area contributed by atoms with Gasteiger partial charge in [0.2, 0.25) is 5.75 Å². The molecular formula is C26H29ClN6O3. The summed E-state index contributed by atoms with van der Waals surface area (Å²) in [4.78, 5) is 14.4. The Balaban J connectivity index is 0.00000304. The number of aryl methyl sites for hydroxylation is 1. The molecule has 5 rings (SSSR count). The molecule has 0 fully saturated rings. The zero-order chi connectivity index (χ0) is 24.5. The predicted molar refractivity (Wildman–Crippen MR) is 144 cm³/mol. The van der Waals surface area contributed by atoms with E-state index in [1.165, 1.54) is 0 Å². The number of nitrogens with zero attached hydrogens (tertiary/aromatic N) is 3. The largest absolute Gasteiger partial charge is 0.493 e. The Hall–Kier alpha value is -3.82. The van der Waals surface area contributed by atoms with E-state index >= 15 is 0 Å². The first-order valence-electron chi connectivity index (χ1n) is 11.4. The normalized spacial score (nSPS) is 12.4. The van der Waals surface area contributed by atoms with Gasteiger partial charge in [0.15, 0.2) is 17.3 Å². The number of fused-ring (bicyclic) bond motifs is 2. The minimum atomic E-state index is 0. The fraction of sp³-hybridized carbons (Fsp3) is 0.269. The molecule has 0 aliphatic carbocycles. The summed E-state index contributed by atoms with van der Waals surface area (Å²) in [7, 11) is 4.77. The molecule has 4 N–H and O–H groups in total. The summed E-state index contributed by atoms with van der Waals surface area (Å²) in [6.07, 6.45) is 0.803. The molecule has 188 valence electrons. The van der Waals surface area contributed by atoms with Crippen LogP contribution in [0.15, 0.2) is 36.4 Å². The van der Waals surface area contributed by atoms with Crippen molar-refractivity contribution in [2.45, 2.75) is 19.9 Å². The number of nitrogens with two attached hydrogens (primary N) is 1. The monoisotopic (exact) mass is 508 g/mol. The third-order valence-electron chi connectivity index (χ3n) is 6.09. The summed E-state index contributed by atoms with van der Waals surface area (Å²) in [5.74, 6) is 2.94. The highest BCUT2D eigenvalue weighted by molar-refractivity contribution is 5.93. The van der Waals surface area contributed by atoms with Crippen molar-refractivity contribution < 1.29 is 14.2 Å². The van der Waals surface area contributed by atoms with Crippen molar-refractivity contribution in [3.8, 4) is 28.6 Å². The van der Waals surface area contributed by atoms with Crippen LogP contribution >= 0.6 is 12.4 Å². The standard InChI is InChI=1S/C26H28N6O3.ClH/c1-14-9-19(27)17-12-16(5-6-20(17)29-14)30-26-18-13-28-8-7-21(18)31-25(32-26)15-10-22(33-2)24(35-4)23(11-15)34-3;/h5-6,9-12,28H,7-8,13H2,1-4H3,(H2,27,29)(H,30,31,32);1H. The Morgan fingerprint density at radius 1 is 0.944 bits per heavy atom. The van der Waals surface area contributed by atoms with Crippen LogP contribution in [0.5, 0.6) is 17.2 Å². The molecule has 9 nitrogen and oxygen atoms in total. The highest BCUT2D eigenvalue weighted by atomic mass is 35.5. The van der Waals surface area contributed by atoms with E-state index in [2.05, 4.69) is 15.6 Å². The van der Waals surface area contributed by atoms with Gasteiger partial charge in [-0.15, -0.1) is 12.4 Å². The van der Waals surface area contributed by atoms with Crippen LogP contribution in [0.1, 0.15) is 17.0 Å². The maximum atomic E-state index is 6.27. The van der Waals surface area contributed by atoms with Crippen molar-refractivity contribution in [1.82, 2.24) is 20.3 Å². The lowest BCUT2D eigenvalue weighted by molar-refractivity contribution is 0.324. The fourth-order valence-electron chi connectivity index (χ4n) is 4.39. The summed E-state index contributed by atoms with van der Waals surface area (Å²) >= 11 is 0. The van der Waals surface area contributed by atoms with Crippen molar-refractivity contribution in [1.29, 1.82) is 0 Å². The molecule has 0 amide bonds. The van der Waals surface area contributed by atoms with E-state index < -0.39 is 0 Å². The number of methoxy groups -OCH3 is 3. The maximum absolute atomic E-state index is 6.27. The number of rotatable bonds is 6. The lowest BCUT2D eigenvalue weighted by atomic mass is 10.1. The second-order valence-electron chi connectivity index (χ2n) is 8.37. The molecule has 4 aromatic rings. The number of hydrogen-bond donors (Lipinski definition) is 3. The molecule has 10 heteroatoms. The van der Waals surface area contributed by atoms with Crippen LogP contribution in [0.2, 0.25) is 0 Å². The van der Waals surface area contributed by atoms with E-state index in [0.29, 0.717) is 35.3 Å². The highest BCUT2D eigenvalue weighted by Gasteiger charge is 2.21. The molecule has 0 unspecified atom stereocenters. The van der Waals surface area contributed by atoms with E-state index in [1.54, 1.807) is 21.3 Å². The third-order valence-corrected chi connectivity index (χ3v) is 6.09. The summed E-state index contributed by atoms with van der Waals surface area (Å²) in [6.45, 7) is 3.48. The van der Waals surface area contributed by atoms with Gasteiger partial charge in [0.1, 0.15) is 5.82 Å². The van der Waals surface area contributed by atoms with Gasteiger partial charge in [-0.25, -0.2) is 9.97 Å². The topological polar surface area (TPSA) is 116 Å². The lowest BCUT2D eigenvalue weighted by Gasteiger charge is -2.21. The molecule has 1 aliphatic rings. The van der Waals surface area contributed by atoms with Crippen molar-refractivity contribution in [2.75, 3.05) is 38.9 Å². The Kier molecular flexibility index (Phi) is 7.32. The number of benzene rings is 2. The second-order valence-corrected chi connectivity index (χ2v) is 8.37. The van der Waals surface area contributed by atoms with Gasteiger partial charge in [0, 0.05) is 53.1 Å². The van der Waals surface area contributed by atoms with Gasteiger partial charge in [-0.2, -0.15) is 0 Å². The van der Waals surface area contributed by atoms with Crippen molar-refractivity contribution in [2.24, 2.45) is 0 Å². The van der Waals surface area contributed by atoms with Crippen molar-refractivity contribution in [3.05, 3.63) is 53.3 Å². The number of aromatic nitrogens is 3. The van der Waals surface area contributed by atoms with Crippen LogP contribution in [0.3, 0.4) is 0 Å². The van der Waals surface area contributed by atoms with Gasteiger partial charge >= 0.3 is 0 Å². The molecule has 3 heterocycles. The number of hydrogen-bond acceptors (Lipinski definition) is 9. The molecule has 0 atom stereocenters. The first-order valence-corrected chi connectivity index (χ1v) is 11.4. The maximum Gasteiger partial charge on any atom is 0.203 e. The predicted octanol–water partition coefficient (Wildman–Crippen LogP) is 4.42. The molecule has 0 spiro atoms. The van der Waals surface area contributed by atoms with Gasteiger partial charge in [-0.3, -0.25) is 4.98 Å². The van der Waals surface area contributed by atoms with Crippen molar-refractivity contribution in [3.63, 3.8) is 0 Å². The average Bonchev–Trinajstić information content (AvgIpc) is 2.88. The Labute approximate surface area is 215 Å². The van der Waals surface area contributed by atoms with Crippen LogP contribution in [-0.4, -0.2) is 42.8 Å². The lowest BCUT2D eigenvalue weighted by Crippen LogP contribution is -2.26. The van der Waals surface area contributed by atoms with E-state index in [4.69, 9.17) is 29.9 Å². The van der Waals surface area contributed by atoms with Gasteiger partial charge < -0.3 is 30.6 Å². The highest BCUT2D eigenvalue weighted by Crippen LogP contribution is 2.41. The smallest absolute Gasteiger partial charge is 0.203 e. The summed E-state index contributed by atoms with van der Waals surface area (Å²) in [5, 5.41) is 7.81. The summed E-state index contributed by atoms with van der Waals surface area (Å²) in [5.41, 5.74) is 12.4. The van der Waals surface area contributed by atoms with E-state index in [1.807, 2.05) is 43.3 Å². The molecule has 1 aliphatic heterocycles. The molecule has 2 aromatic heterocycles. The van der Waals surface area contributed by atoms with Crippen LogP contribution < -0.4 is 30.6 Å². The Morgan fingerprint density at radius 2 is 1.69 bits per heavy atom. The summed E-state index contributed by atoms with van der Waals surface area (Å²) < 4.78 is 16.5. The first-order chi connectivity index (χ1) is 17.0. The van der Waals surface area contributed by atoms with E-state index in [-0.39, 0.29) is 12.4 Å². The minimum absolute atomic E-state index is 0. The number of nitrogens with one attached hydrogen (secondary N) is 2. The minimum Gasteiger partial charge on any atom is -0.493 e. The van der Waals surface area contributed by atoms with Gasteiger partial charge in [0.05, 0.1) is 32.5 Å². The molecule has 2 aromatic carbocycles. The summed E-state index contributed by atoms with van der Waals surface area (Å²) in [6, 6.07) is 11.6. The molecule has 0 saturated heterocycles. The molecule has 36 heavy (non-hydrogen) atoms. The number of pyridine rings is 1. The molecule has 0 radical (unpaired) electrons. The number of halogens is 1. The zero-order valence-corrected chi connectivity index (χ0v) is 21.5. The first kappa shape index (κ1) is 25.3. The van der Waals surface area contributed by atoms with Gasteiger partial charge in [-0.1, -0.05) is 0 Å². The van der Waals surface area contributed by atoms with Crippen molar-refractivity contribution >= 4 is 40.5 Å². The Bertz CT molecular complexity index is 1400. The van der Waals surface area contributed by atoms with Crippen LogP contribution in [-0.2, 0) is 13.0 Å². The number of anilines is 3. The van der Waals surface area contributed by atoms with Crippen LogP contribution in [0, 0.1) is 6.92 Å². The molecule has 0 saturated carbocycles.